The van der Waals surface area contributed by atoms with Gasteiger partial charge in [-0.25, -0.2) is 9.97 Å². The van der Waals surface area contributed by atoms with Gasteiger partial charge in [0.25, 0.3) is 5.91 Å². The number of carbonyl (C=O) groups excluding carboxylic acids is 1. The first-order valence-corrected chi connectivity index (χ1v) is 8.85. The second kappa shape index (κ2) is 6.64. The molecule has 0 unspecified atom stereocenters. The molecule has 7 heteroatoms. The van der Waals surface area contributed by atoms with Gasteiger partial charge in [0.2, 0.25) is 5.95 Å². The normalized spacial score (nSPS) is 31.1. The highest BCUT2D eigenvalue weighted by Gasteiger charge is 2.43. The van der Waals surface area contributed by atoms with E-state index in [-0.39, 0.29) is 18.1 Å². The molecule has 0 bridgehead atoms. The quantitative estimate of drug-likeness (QED) is 0.773. The van der Waals surface area contributed by atoms with Crippen molar-refractivity contribution < 1.29 is 9.53 Å². The van der Waals surface area contributed by atoms with E-state index in [2.05, 4.69) is 26.8 Å². The van der Waals surface area contributed by atoms with Crippen LogP contribution in [0.1, 0.15) is 12.8 Å². The number of piperazine rings is 1. The Morgan fingerprint density at radius 2 is 1.92 bits per heavy atom. The summed E-state index contributed by atoms with van der Waals surface area (Å²) in [7, 11) is 2.10. The van der Waals surface area contributed by atoms with E-state index in [4.69, 9.17) is 4.74 Å². The molecular weight excluding hydrogens is 306 g/mol. The molecule has 0 radical (unpaired) electrons. The molecule has 24 heavy (non-hydrogen) atoms. The fraction of sp³-hybridized carbons (Fsp3) is 0.706. The molecule has 7 nitrogen and oxygen atoms in total. The fourth-order valence-corrected chi connectivity index (χ4v) is 3.96. The van der Waals surface area contributed by atoms with Gasteiger partial charge in [-0.2, -0.15) is 0 Å². The van der Waals surface area contributed by atoms with Crippen LogP contribution in [0.3, 0.4) is 0 Å². The number of likely N-dealkylation sites (N-methyl/N-ethyl adjacent to an activating group) is 1. The lowest BCUT2D eigenvalue weighted by Gasteiger charge is -2.34. The number of nitrogens with zero attached hydrogens (tertiary/aromatic N) is 5. The first kappa shape index (κ1) is 15.8. The molecule has 0 aromatic carbocycles. The highest BCUT2D eigenvalue weighted by Crippen LogP contribution is 2.34. The van der Waals surface area contributed by atoms with Crippen molar-refractivity contribution in [2.24, 2.45) is 5.92 Å². The predicted octanol–water partition coefficient (Wildman–Crippen LogP) is 0.234. The SMILES string of the molecule is CN1CCN(C(=O)[C@H]2C[C@@H]3CCN(c4ncccn4)C[C@@H]3O2)CC1. The molecule has 4 rings (SSSR count). The molecule has 130 valence electrons. The largest absolute Gasteiger partial charge is 0.363 e. The van der Waals surface area contributed by atoms with Crippen LogP contribution in [0.5, 0.6) is 0 Å². The molecular formula is C17H25N5O2. The number of hydrogen-bond donors (Lipinski definition) is 0. The van der Waals surface area contributed by atoms with Crippen LogP contribution >= 0.6 is 0 Å². The maximum Gasteiger partial charge on any atom is 0.251 e. The van der Waals surface area contributed by atoms with E-state index in [1.807, 2.05) is 11.0 Å². The maximum absolute atomic E-state index is 12.7. The number of aromatic nitrogens is 2. The molecule has 1 aromatic rings. The van der Waals surface area contributed by atoms with E-state index in [0.29, 0.717) is 5.92 Å². The summed E-state index contributed by atoms with van der Waals surface area (Å²) in [6.07, 6.45) is 5.28. The average molecular weight is 331 g/mol. The summed E-state index contributed by atoms with van der Waals surface area (Å²) in [5, 5.41) is 0. The van der Waals surface area contributed by atoms with Crippen LogP contribution in [-0.2, 0) is 9.53 Å². The van der Waals surface area contributed by atoms with E-state index in [1.54, 1.807) is 12.4 Å². The van der Waals surface area contributed by atoms with Gasteiger partial charge in [0.15, 0.2) is 0 Å². The molecule has 3 aliphatic rings. The minimum atomic E-state index is -0.264. The summed E-state index contributed by atoms with van der Waals surface area (Å²) >= 11 is 0. The number of ether oxygens (including phenoxy) is 1. The van der Waals surface area contributed by atoms with E-state index in [1.165, 1.54) is 0 Å². The number of anilines is 1. The first-order chi connectivity index (χ1) is 11.7. The van der Waals surface area contributed by atoms with Crippen molar-refractivity contribution >= 4 is 11.9 Å². The second-order valence-corrected chi connectivity index (χ2v) is 7.07. The average Bonchev–Trinajstić information content (AvgIpc) is 3.06. The topological polar surface area (TPSA) is 61.8 Å². The third-order valence-electron chi connectivity index (χ3n) is 5.48. The van der Waals surface area contributed by atoms with Crippen molar-refractivity contribution in [3.63, 3.8) is 0 Å². The van der Waals surface area contributed by atoms with E-state index >= 15 is 0 Å². The maximum atomic E-state index is 12.7. The van der Waals surface area contributed by atoms with E-state index < -0.39 is 0 Å². The van der Waals surface area contributed by atoms with Gasteiger partial charge in [0.1, 0.15) is 6.10 Å². The molecule has 0 spiro atoms. The summed E-state index contributed by atoms with van der Waals surface area (Å²) in [6, 6.07) is 1.83. The van der Waals surface area contributed by atoms with Crippen LogP contribution in [-0.4, -0.2) is 84.2 Å². The van der Waals surface area contributed by atoms with E-state index in [0.717, 1.165) is 58.1 Å². The number of carbonyl (C=O) groups is 1. The van der Waals surface area contributed by atoms with Crippen LogP contribution in [0.15, 0.2) is 18.5 Å². The smallest absolute Gasteiger partial charge is 0.251 e. The zero-order chi connectivity index (χ0) is 16.5. The Kier molecular flexibility index (Phi) is 4.37. The van der Waals surface area contributed by atoms with Gasteiger partial charge in [-0.1, -0.05) is 0 Å². The molecule has 3 aliphatic heterocycles. The monoisotopic (exact) mass is 331 g/mol. The molecule has 0 aliphatic carbocycles. The highest BCUT2D eigenvalue weighted by atomic mass is 16.5. The van der Waals surface area contributed by atoms with Gasteiger partial charge in [-0.05, 0) is 31.9 Å². The van der Waals surface area contributed by atoms with Crippen LogP contribution in [0.25, 0.3) is 0 Å². The van der Waals surface area contributed by atoms with Crippen molar-refractivity contribution in [3.8, 4) is 0 Å². The molecule has 3 atom stereocenters. The van der Waals surface area contributed by atoms with Crippen LogP contribution in [0.2, 0.25) is 0 Å². The molecule has 3 saturated heterocycles. The molecule has 3 fully saturated rings. The number of piperidine rings is 1. The van der Waals surface area contributed by atoms with Crippen molar-refractivity contribution in [1.82, 2.24) is 19.8 Å². The molecule has 1 aromatic heterocycles. The highest BCUT2D eigenvalue weighted by molar-refractivity contribution is 5.81. The predicted molar refractivity (Wildman–Crippen MR) is 89.7 cm³/mol. The molecule has 0 saturated carbocycles. The third-order valence-corrected chi connectivity index (χ3v) is 5.48. The number of amides is 1. The Balaban J connectivity index is 1.37. The van der Waals surface area contributed by atoms with E-state index in [9.17, 15) is 4.79 Å². The van der Waals surface area contributed by atoms with Gasteiger partial charge >= 0.3 is 0 Å². The van der Waals surface area contributed by atoms with Crippen LogP contribution < -0.4 is 4.90 Å². The van der Waals surface area contributed by atoms with Gasteiger partial charge in [0, 0.05) is 51.7 Å². The number of fused-ring (bicyclic) bond motifs is 1. The summed E-state index contributed by atoms with van der Waals surface area (Å²) in [5.74, 6) is 1.42. The minimum Gasteiger partial charge on any atom is -0.363 e. The Bertz CT molecular complexity index is 576. The van der Waals surface area contributed by atoms with Crippen molar-refractivity contribution in [1.29, 1.82) is 0 Å². The zero-order valence-corrected chi connectivity index (χ0v) is 14.2. The van der Waals surface area contributed by atoms with Crippen molar-refractivity contribution in [2.75, 3.05) is 51.2 Å². The summed E-state index contributed by atoms with van der Waals surface area (Å²) in [5.41, 5.74) is 0. The minimum absolute atomic E-state index is 0.115. The Labute approximate surface area is 142 Å². The second-order valence-electron chi connectivity index (χ2n) is 7.07. The van der Waals surface area contributed by atoms with Gasteiger partial charge in [-0.3, -0.25) is 4.79 Å². The molecule has 0 N–H and O–H groups in total. The lowest BCUT2D eigenvalue weighted by molar-refractivity contribution is -0.144. The standard InChI is InChI=1S/C17H25N5O2/c1-20-7-9-21(10-8-20)16(23)14-11-13-3-6-22(12-15(13)24-14)17-18-4-2-5-19-17/h2,4-5,13-15H,3,6-12H2,1H3/t13-,14+,15-/m0/s1. The van der Waals surface area contributed by atoms with Crippen LogP contribution in [0.4, 0.5) is 5.95 Å². The lowest BCUT2D eigenvalue weighted by atomic mass is 9.91. The first-order valence-electron chi connectivity index (χ1n) is 8.85. The molecule has 1 amide bonds. The number of hydrogen-bond acceptors (Lipinski definition) is 6. The number of rotatable bonds is 2. The van der Waals surface area contributed by atoms with Gasteiger partial charge in [0.05, 0.1) is 6.10 Å². The Hall–Kier alpha value is -1.73. The lowest BCUT2D eigenvalue weighted by Crippen LogP contribution is -2.50. The Morgan fingerprint density at radius 3 is 2.67 bits per heavy atom. The Morgan fingerprint density at radius 1 is 1.17 bits per heavy atom. The third kappa shape index (κ3) is 3.10. The van der Waals surface area contributed by atoms with Gasteiger partial charge < -0.3 is 19.4 Å². The van der Waals surface area contributed by atoms with Crippen molar-refractivity contribution in [2.45, 2.75) is 25.0 Å². The zero-order valence-electron chi connectivity index (χ0n) is 14.2. The van der Waals surface area contributed by atoms with Crippen molar-refractivity contribution in [3.05, 3.63) is 18.5 Å². The summed E-state index contributed by atoms with van der Waals surface area (Å²) in [6.45, 7) is 5.24. The fourth-order valence-electron chi connectivity index (χ4n) is 3.96. The van der Waals surface area contributed by atoms with Crippen LogP contribution in [0, 0.1) is 5.92 Å². The summed E-state index contributed by atoms with van der Waals surface area (Å²) < 4.78 is 6.16. The molecule has 4 heterocycles. The van der Waals surface area contributed by atoms with Gasteiger partial charge in [-0.15, -0.1) is 0 Å². The summed E-state index contributed by atoms with van der Waals surface area (Å²) in [4.78, 5) is 27.8.